The second-order valence-electron chi connectivity index (χ2n) is 6.45. The Bertz CT molecular complexity index is 788. The number of hydrogen-bond donors (Lipinski definition) is 1. The molecule has 0 saturated carbocycles. The standard InChI is InChI=1S/C21H25NO4/c1-14(26-18-9-8-15-6-4-5-7-16(15)12-18)21(23)22-19-11-10-17(24-2)13-20(19)25-3/h8-14H,4-7H2,1-3H3,(H,22,23). The van der Waals surface area contributed by atoms with Gasteiger partial charge in [-0.05, 0) is 68.0 Å². The number of ether oxygens (including phenoxy) is 3. The number of fused-ring (bicyclic) bond motifs is 1. The Morgan fingerprint density at radius 2 is 1.69 bits per heavy atom. The number of carbonyl (C=O) groups excluding carboxylic acids is 1. The number of nitrogens with one attached hydrogen (secondary N) is 1. The monoisotopic (exact) mass is 355 g/mol. The van der Waals surface area contributed by atoms with Crippen molar-refractivity contribution in [1.82, 2.24) is 0 Å². The molecule has 0 heterocycles. The van der Waals surface area contributed by atoms with Crippen LogP contribution in [0, 0.1) is 0 Å². The molecule has 1 atom stereocenters. The minimum Gasteiger partial charge on any atom is -0.497 e. The molecular weight excluding hydrogens is 330 g/mol. The molecular formula is C21H25NO4. The smallest absolute Gasteiger partial charge is 0.265 e. The number of benzene rings is 2. The van der Waals surface area contributed by atoms with E-state index in [-0.39, 0.29) is 5.91 Å². The maximum Gasteiger partial charge on any atom is 0.265 e. The summed E-state index contributed by atoms with van der Waals surface area (Å²) >= 11 is 0. The average molecular weight is 355 g/mol. The molecule has 0 spiro atoms. The van der Waals surface area contributed by atoms with Crippen molar-refractivity contribution in [3.8, 4) is 17.2 Å². The third-order valence-corrected chi connectivity index (χ3v) is 4.67. The van der Waals surface area contributed by atoms with Crippen molar-refractivity contribution in [2.75, 3.05) is 19.5 Å². The fourth-order valence-corrected chi connectivity index (χ4v) is 3.18. The van der Waals surface area contributed by atoms with E-state index in [0.717, 1.165) is 18.6 Å². The first-order valence-electron chi connectivity index (χ1n) is 8.92. The van der Waals surface area contributed by atoms with Crippen molar-refractivity contribution in [3.05, 3.63) is 47.5 Å². The number of rotatable bonds is 6. The predicted molar refractivity (Wildman–Crippen MR) is 101 cm³/mol. The van der Waals surface area contributed by atoms with E-state index in [9.17, 15) is 4.79 Å². The normalized spacial score (nSPS) is 14.1. The molecule has 1 amide bonds. The molecule has 2 aromatic rings. The Hall–Kier alpha value is -2.69. The molecule has 1 aliphatic rings. The first-order valence-corrected chi connectivity index (χ1v) is 8.92. The third-order valence-electron chi connectivity index (χ3n) is 4.67. The Morgan fingerprint density at radius 1 is 0.962 bits per heavy atom. The summed E-state index contributed by atoms with van der Waals surface area (Å²) in [6, 6.07) is 11.4. The quantitative estimate of drug-likeness (QED) is 0.851. The van der Waals surface area contributed by atoms with Crippen molar-refractivity contribution in [2.45, 2.75) is 38.7 Å². The van der Waals surface area contributed by atoms with Crippen molar-refractivity contribution < 1.29 is 19.0 Å². The summed E-state index contributed by atoms with van der Waals surface area (Å²) in [4.78, 5) is 12.5. The van der Waals surface area contributed by atoms with Crippen molar-refractivity contribution in [3.63, 3.8) is 0 Å². The lowest BCUT2D eigenvalue weighted by atomic mass is 9.92. The number of hydrogen-bond acceptors (Lipinski definition) is 4. The highest BCUT2D eigenvalue weighted by molar-refractivity contribution is 5.95. The fraction of sp³-hybridized carbons (Fsp3) is 0.381. The molecule has 3 rings (SSSR count). The van der Waals surface area contributed by atoms with Gasteiger partial charge in [0.25, 0.3) is 5.91 Å². The van der Waals surface area contributed by atoms with E-state index in [1.54, 1.807) is 39.3 Å². The van der Waals surface area contributed by atoms with Gasteiger partial charge >= 0.3 is 0 Å². The predicted octanol–water partition coefficient (Wildman–Crippen LogP) is 3.99. The molecule has 0 aliphatic heterocycles. The third kappa shape index (κ3) is 4.10. The second-order valence-corrected chi connectivity index (χ2v) is 6.45. The van der Waals surface area contributed by atoms with Crippen LogP contribution in [0.1, 0.15) is 30.9 Å². The summed E-state index contributed by atoms with van der Waals surface area (Å²) in [6.45, 7) is 1.74. The average Bonchev–Trinajstić information content (AvgIpc) is 2.68. The van der Waals surface area contributed by atoms with E-state index < -0.39 is 6.10 Å². The van der Waals surface area contributed by atoms with Crippen LogP contribution in [0.4, 0.5) is 5.69 Å². The number of anilines is 1. The summed E-state index contributed by atoms with van der Waals surface area (Å²) in [7, 11) is 3.14. The zero-order valence-electron chi connectivity index (χ0n) is 15.5. The topological polar surface area (TPSA) is 56.8 Å². The lowest BCUT2D eigenvalue weighted by Gasteiger charge is -2.19. The van der Waals surface area contributed by atoms with E-state index in [2.05, 4.69) is 17.4 Å². The van der Waals surface area contributed by atoms with Crippen molar-refractivity contribution in [2.24, 2.45) is 0 Å². The van der Waals surface area contributed by atoms with Crippen LogP contribution in [0.2, 0.25) is 0 Å². The molecule has 0 bridgehead atoms. The molecule has 5 nitrogen and oxygen atoms in total. The van der Waals surface area contributed by atoms with E-state index in [1.807, 2.05) is 6.07 Å². The van der Waals surface area contributed by atoms with Crippen LogP contribution in [0.15, 0.2) is 36.4 Å². The highest BCUT2D eigenvalue weighted by Crippen LogP contribution is 2.30. The minimum atomic E-state index is -0.622. The molecule has 26 heavy (non-hydrogen) atoms. The van der Waals surface area contributed by atoms with Gasteiger partial charge in [-0.15, -0.1) is 0 Å². The Labute approximate surface area is 154 Å². The lowest BCUT2D eigenvalue weighted by Crippen LogP contribution is -2.30. The van der Waals surface area contributed by atoms with Gasteiger partial charge in [0, 0.05) is 6.07 Å². The molecule has 138 valence electrons. The molecule has 2 aromatic carbocycles. The fourth-order valence-electron chi connectivity index (χ4n) is 3.18. The Balaban J connectivity index is 1.66. The van der Waals surface area contributed by atoms with E-state index in [4.69, 9.17) is 14.2 Å². The van der Waals surface area contributed by atoms with Gasteiger partial charge in [-0.25, -0.2) is 0 Å². The van der Waals surface area contributed by atoms with Crippen LogP contribution in [0.5, 0.6) is 17.2 Å². The van der Waals surface area contributed by atoms with Gasteiger partial charge in [0.15, 0.2) is 6.10 Å². The number of carbonyl (C=O) groups is 1. The number of aryl methyl sites for hydroxylation is 2. The van der Waals surface area contributed by atoms with Crippen molar-refractivity contribution in [1.29, 1.82) is 0 Å². The molecule has 0 saturated heterocycles. The number of amides is 1. The molecule has 0 fully saturated rings. The molecule has 5 heteroatoms. The first kappa shape index (κ1) is 18.1. The van der Waals surface area contributed by atoms with Crippen LogP contribution in [-0.2, 0) is 17.6 Å². The minimum absolute atomic E-state index is 0.230. The van der Waals surface area contributed by atoms with E-state index in [0.29, 0.717) is 17.2 Å². The van der Waals surface area contributed by atoms with Crippen molar-refractivity contribution >= 4 is 11.6 Å². The van der Waals surface area contributed by atoms with Crippen LogP contribution in [0.3, 0.4) is 0 Å². The Morgan fingerprint density at radius 3 is 2.42 bits per heavy atom. The van der Waals surface area contributed by atoms with Gasteiger partial charge in [0.2, 0.25) is 0 Å². The second kappa shape index (κ2) is 8.13. The van der Waals surface area contributed by atoms with Crippen LogP contribution >= 0.6 is 0 Å². The summed E-state index contributed by atoms with van der Waals surface area (Å²) in [6.07, 6.45) is 4.04. The van der Waals surface area contributed by atoms with E-state index in [1.165, 1.54) is 24.0 Å². The SMILES string of the molecule is COc1ccc(NC(=O)C(C)Oc2ccc3c(c2)CCCC3)c(OC)c1. The largest absolute Gasteiger partial charge is 0.497 e. The summed E-state index contributed by atoms with van der Waals surface area (Å²) in [5.74, 6) is 1.71. The highest BCUT2D eigenvalue weighted by Gasteiger charge is 2.18. The zero-order valence-corrected chi connectivity index (χ0v) is 15.5. The van der Waals surface area contributed by atoms with Crippen LogP contribution in [0.25, 0.3) is 0 Å². The summed E-state index contributed by atoms with van der Waals surface area (Å²) in [5, 5.41) is 2.85. The molecule has 1 aliphatic carbocycles. The lowest BCUT2D eigenvalue weighted by molar-refractivity contribution is -0.122. The van der Waals surface area contributed by atoms with Gasteiger partial charge in [0.05, 0.1) is 19.9 Å². The Kier molecular flexibility index (Phi) is 5.66. The molecule has 1 unspecified atom stereocenters. The van der Waals surface area contributed by atoms with Gasteiger partial charge in [-0.3, -0.25) is 4.79 Å². The highest BCUT2D eigenvalue weighted by atomic mass is 16.5. The summed E-state index contributed by atoms with van der Waals surface area (Å²) < 4.78 is 16.3. The maximum absolute atomic E-state index is 12.5. The van der Waals surface area contributed by atoms with Crippen LogP contribution in [-0.4, -0.2) is 26.2 Å². The molecule has 0 aromatic heterocycles. The first-order chi connectivity index (χ1) is 12.6. The molecule has 0 radical (unpaired) electrons. The van der Waals surface area contributed by atoms with Gasteiger partial charge in [0.1, 0.15) is 17.2 Å². The van der Waals surface area contributed by atoms with Gasteiger partial charge in [-0.1, -0.05) is 6.07 Å². The van der Waals surface area contributed by atoms with Gasteiger partial charge < -0.3 is 19.5 Å². The summed E-state index contributed by atoms with van der Waals surface area (Å²) in [5.41, 5.74) is 3.31. The van der Waals surface area contributed by atoms with Crippen LogP contribution < -0.4 is 19.5 Å². The maximum atomic E-state index is 12.5. The van der Waals surface area contributed by atoms with E-state index >= 15 is 0 Å². The van der Waals surface area contributed by atoms with Gasteiger partial charge in [-0.2, -0.15) is 0 Å². The number of methoxy groups -OCH3 is 2. The molecule has 1 N–H and O–H groups in total. The zero-order chi connectivity index (χ0) is 18.5.